The summed E-state index contributed by atoms with van der Waals surface area (Å²) in [4.78, 5) is 65.3. The predicted molar refractivity (Wildman–Crippen MR) is 159 cm³/mol. The van der Waals surface area contributed by atoms with Crippen LogP contribution in [0.3, 0.4) is 0 Å². The smallest absolute Gasteiger partial charge is 0.336 e. The van der Waals surface area contributed by atoms with Crippen LogP contribution in [-0.4, -0.2) is 77.9 Å². The Morgan fingerprint density at radius 2 is 1.80 bits per heavy atom. The zero-order valence-corrected chi connectivity index (χ0v) is 27.4. The van der Waals surface area contributed by atoms with Crippen LogP contribution in [0.15, 0.2) is 47.6 Å². The highest BCUT2D eigenvalue weighted by Gasteiger charge is 2.84. The van der Waals surface area contributed by atoms with Gasteiger partial charge in [0.25, 0.3) is 0 Å². The lowest BCUT2D eigenvalue weighted by atomic mass is 9.48. The van der Waals surface area contributed by atoms with Crippen LogP contribution in [0.5, 0.6) is 0 Å². The predicted octanol–water partition coefficient (Wildman–Crippen LogP) is 3.02. The molecule has 1 N–H and O–H groups in total. The van der Waals surface area contributed by atoms with Crippen LogP contribution in [-0.2, 0) is 52.4 Å². The molecule has 1 saturated heterocycles. The lowest BCUT2D eigenvalue weighted by molar-refractivity contribution is -0.210. The van der Waals surface area contributed by atoms with Crippen molar-refractivity contribution >= 4 is 29.8 Å². The number of methoxy groups -OCH3 is 1. The summed E-state index contributed by atoms with van der Waals surface area (Å²) in [5.41, 5.74) is -3.87. The molecule has 0 aromatic carbocycles. The maximum absolute atomic E-state index is 13.6. The molecule has 2 aliphatic carbocycles. The van der Waals surface area contributed by atoms with E-state index in [-0.39, 0.29) is 12.0 Å². The molecule has 3 aliphatic heterocycles. The van der Waals surface area contributed by atoms with Crippen molar-refractivity contribution in [2.24, 2.45) is 28.6 Å². The van der Waals surface area contributed by atoms with Gasteiger partial charge in [-0.05, 0) is 45.8 Å². The summed E-state index contributed by atoms with van der Waals surface area (Å²) < 4.78 is 34.8. The van der Waals surface area contributed by atoms with Crippen molar-refractivity contribution < 1.29 is 57.5 Å². The van der Waals surface area contributed by atoms with E-state index < -0.39 is 94.2 Å². The molecule has 3 heterocycles. The summed E-state index contributed by atoms with van der Waals surface area (Å²) in [5.74, 6) is -5.55. The van der Waals surface area contributed by atoms with E-state index >= 15 is 0 Å². The number of allylic oxidation sites excluding steroid dienone is 2. The highest BCUT2D eigenvalue weighted by Crippen LogP contribution is 2.75. The first-order valence-electron chi connectivity index (χ1n) is 15.4. The van der Waals surface area contributed by atoms with Gasteiger partial charge in [0, 0.05) is 47.3 Å². The average molecular weight is 643 g/mol. The molecule has 0 amide bonds. The fourth-order valence-electron chi connectivity index (χ4n) is 8.80. The quantitative estimate of drug-likeness (QED) is 0.142. The minimum Gasteiger partial charge on any atom is -0.469 e. The third-order valence-corrected chi connectivity index (χ3v) is 11.0. The normalized spacial score (nSPS) is 40.9. The molecule has 12 heteroatoms. The molecule has 1 unspecified atom stereocenters. The first-order valence-corrected chi connectivity index (χ1v) is 15.4. The standard InChI is InChI=1S/C34H42O12/c1-10-16(2)29(39)44-28-27(42-18(4)35)26(32(7)12-11-23(36)46-31(5,6)21(32)15-24(37)41-9)17(3)34-22(45-34)14-20(33(28,34)8)19-13-25(38)43-30(19)40/h10-13,20-22,25-28,38H,3,14-15H2,1-2,4-9H3/b16-10+/t20-,21-,22+,25?,26+,27+,28-,32-,33+,34+/m0/s1. The van der Waals surface area contributed by atoms with E-state index in [0.29, 0.717) is 17.6 Å². The number of rotatable bonds is 7. The topological polar surface area (TPSA) is 164 Å². The zero-order chi connectivity index (χ0) is 34.1. The van der Waals surface area contributed by atoms with Gasteiger partial charge in [-0.25, -0.2) is 14.4 Å². The van der Waals surface area contributed by atoms with Crippen LogP contribution in [0.4, 0.5) is 0 Å². The Morgan fingerprint density at radius 3 is 2.37 bits per heavy atom. The van der Waals surface area contributed by atoms with Crippen LogP contribution in [0.25, 0.3) is 0 Å². The highest BCUT2D eigenvalue weighted by molar-refractivity contribution is 5.92. The lowest BCUT2D eigenvalue weighted by Crippen LogP contribution is -2.67. The Labute approximate surface area is 267 Å². The Hall–Kier alpha value is -3.77. The van der Waals surface area contributed by atoms with E-state index in [9.17, 15) is 29.1 Å². The Balaban J connectivity index is 1.77. The van der Waals surface area contributed by atoms with Crippen LogP contribution >= 0.6 is 0 Å². The number of cyclic esters (lactones) is 2. The number of ether oxygens (including phenoxy) is 6. The molecule has 12 nitrogen and oxygen atoms in total. The van der Waals surface area contributed by atoms with Crippen molar-refractivity contribution in [3.8, 4) is 0 Å². The van der Waals surface area contributed by atoms with E-state index in [1.165, 1.54) is 26.2 Å². The van der Waals surface area contributed by atoms with E-state index in [0.717, 1.165) is 0 Å². The third kappa shape index (κ3) is 4.83. The second kappa shape index (κ2) is 11.2. The first kappa shape index (κ1) is 33.6. The van der Waals surface area contributed by atoms with Gasteiger partial charge in [-0.3, -0.25) is 9.59 Å². The molecule has 3 fully saturated rings. The minimum absolute atomic E-state index is 0.176. The molecule has 2 saturated carbocycles. The molecule has 5 aliphatic rings. The maximum Gasteiger partial charge on any atom is 0.336 e. The first-order chi connectivity index (χ1) is 21.4. The second-order valence-corrected chi connectivity index (χ2v) is 13.8. The number of epoxide rings is 1. The number of hydrogen-bond donors (Lipinski definition) is 1. The van der Waals surface area contributed by atoms with Crippen molar-refractivity contribution in [3.05, 3.63) is 47.6 Å². The molecule has 1 spiro atoms. The van der Waals surface area contributed by atoms with Gasteiger partial charge in [-0.1, -0.05) is 32.6 Å². The largest absolute Gasteiger partial charge is 0.469 e. The fraction of sp³-hybridized carbons (Fsp3) is 0.618. The van der Waals surface area contributed by atoms with E-state index in [2.05, 4.69) is 6.58 Å². The molecular weight excluding hydrogens is 600 g/mol. The summed E-state index contributed by atoms with van der Waals surface area (Å²) in [6.07, 6.45) is 1.56. The number of esters is 5. The van der Waals surface area contributed by atoms with Gasteiger partial charge in [0.15, 0.2) is 0 Å². The van der Waals surface area contributed by atoms with Crippen LogP contribution in [0.1, 0.15) is 61.3 Å². The molecule has 0 aromatic heterocycles. The average Bonchev–Trinajstić information content (AvgIpc) is 3.55. The number of carbonyl (C=O) groups excluding carboxylic acids is 5. The Kier molecular flexibility index (Phi) is 8.17. The number of aliphatic hydroxyl groups excluding tert-OH is 1. The van der Waals surface area contributed by atoms with Crippen molar-refractivity contribution in [1.82, 2.24) is 0 Å². The van der Waals surface area contributed by atoms with Crippen LogP contribution < -0.4 is 0 Å². The molecule has 5 rings (SSSR count). The molecule has 46 heavy (non-hydrogen) atoms. The number of aliphatic hydroxyl groups is 1. The van der Waals surface area contributed by atoms with Crippen LogP contribution in [0, 0.1) is 28.6 Å². The van der Waals surface area contributed by atoms with Crippen molar-refractivity contribution in [2.45, 2.75) is 97.1 Å². The fourth-order valence-corrected chi connectivity index (χ4v) is 8.80. The molecule has 250 valence electrons. The molecule has 10 atom stereocenters. The summed E-state index contributed by atoms with van der Waals surface area (Å²) in [5, 5.41) is 10.2. The van der Waals surface area contributed by atoms with E-state index in [1.807, 2.05) is 6.92 Å². The highest BCUT2D eigenvalue weighted by atomic mass is 16.6. The van der Waals surface area contributed by atoms with Gasteiger partial charge in [-0.15, -0.1) is 0 Å². The Bertz CT molecular complexity index is 1490. The van der Waals surface area contributed by atoms with Gasteiger partial charge >= 0.3 is 29.8 Å². The SMILES string of the molecule is C=C1[C@@H]([C@@]2(C)C=CC(=O)OC(C)(C)[C@@H]2CC(=O)OC)[C@@H](OC(C)=O)[C@H](OC(=O)/C(C)=C/C)[C@@]2(C)[C@H](C3=CC(O)OC3=O)C[C@H]3O[C@]132. The summed E-state index contributed by atoms with van der Waals surface area (Å²) in [6.45, 7) is 16.0. The molecule has 0 bridgehead atoms. The summed E-state index contributed by atoms with van der Waals surface area (Å²) in [6, 6.07) is 0. The maximum atomic E-state index is 13.6. The third-order valence-electron chi connectivity index (χ3n) is 11.0. The molecule has 0 radical (unpaired) electrons. The second-order valence-electron chi connectivity index (χ2n) is 13.8. The zero-order valence-electron chi connectivity index (χ0n) is 27.4. The lowest BCUT2D eigenvalue weighted by Gasteiger charge is -2.58. The summed E-state index contributed by atoms with van der Waals surface area (Å²) in [7, 11) is 1.26. The number of hydrogen-bond acceptors (Lipinski definition) is 12. The van der Waals surface area contributed by atoms with Gasteiger partial charge in [0.2, 0.25) is 6.29 Å². The van der Waals surface area contributed by atoms with Gasteiger partial charge in [0.05, 0.1) is 25.0 Å². The number of carbonyl (C=O) groups is 5. The van der Waals surface area contributed by atoms with E-state index in [1.54, 1.807) is 46.8 Å². The molecular formula is C34H42O12. The van der Waals surface area contributed by atoms with Gasteiger partial charge < -0.3 is 33.5 Å². The van der Waals surface area contributed by atoms with Crippen molar-refractivity contribution in [3.63, 3.8) is 0 Å². The van der Waals surface area contributed by atoms with Crippen LogP contribution in [0.2, 0.25) is 0 Å². The van der Waals surface area contributed by atoms with E-state index in [4.69, 9.17) is 28.4 Å². The van der Waals surface area contributed by atoms with Crippen molar-refractivity contribution in [2.75, 3.05) is 7.11 Å². The monoisotopic (exact) mass is 642 g/mol. The minimum atomic E-state index is -1.44. The van der Waals surface area contributed by atoms with Crippen molar-refractivity contribution in [1.29, 1.82) is 0 Å². The Morgan fingerprint density at radius 1 is 1.13 bits per heavy atom. The van der Waals surface area contributed by atoms with Gasteiger partial charge in [0.1, 0.15) is 23.4 Å². The summed E-state index contributed by atoms with van der Waals surface area (Å²) >= 11 is 0. The van der Waals surface area contributed by atoms with Gasteiger partial charge in [-0.2, -0.15) is 0 Å². The molecule has 0 aromatic rings.